The van der Waals surface area contributed by atoms with Crippen molar-refractivity contribution in [3.8, 4) is 5.75 Å². The van der Waals surface area contributed by atoms with Crippen LogP contribution in [0.2, 0.25) is 0 Å². The summed E-state index contributed by atoms with van der Waals surface area (Å²) in [5.74, 6) is 0.909. The smallest absolute Gasteiger partial charge is 0.120 e. The van der Waals surface area contributed by atoms with Gasteiger partial charge in [-0.25, -0.2) is 0 Å². The summed E-state index contributed by atoms with van der Waals surface area (Å²) in [6, 6.07) is 8.23. The van der Waals surface area contributed by atoms with E-state index >= 15 is 0 Å². The van der Waals surface area contributed by atoms with Crippen LogP contribution in [0.15, 0.2) is 36.7 Å². The van der Waals surface area contributed by atoms with Gasteiger partial charge in [-0.05, 0) is 31.2 Å². The molecular weight excluding hydrogens is 240 g/mol. The van der Waals surface area contributed by atoms with Crippen LogP contribution < -0.4 is 4.74 Å². The summed E-state index contributed by atoms with van der Waals surface area (Å²) in [5.41, 5.74) is 2.13. The molecule has 5 heteroatoms. The fraction of sp³-hybridized carbons (Fsp3) is 0.286. The molecule has 0 aliphatic rings. The van der Waals surface area contributed by atoms with Crippen molar-refractivity contribution in [3.63, 3.8) is 0 Å². The van der Waals surface area contributed by atoms with Gasteiger partial charge in [0.1, 0.15) is 11.4 Å². The molecule has 0 amide bonds. The third-order valence-electron chi connectivity index (χ3n) is 3.04. The molecule has 2 aromatic heterocycles. The molecule has 0 bridgehead atoms. The van der Waals surface area contributed by atoms with E-state index in [0.29, 0.717) is 6.61 Å². The Kier molecular flexibility index (Phi) is 2.95. The number of aromatic nitrogens is 4. The first-order valence-electron chi connectivity index (χ1n) is 6.33. The highest BCUT2D eigenvalue weighted by atomic mass is 16.5. The number of hydrogen-bond donors (Lipinski definition) is 0. The highest BCUT2D eigenvalue weighted by Crippen LogP contribution is 2.22. The maximum absolute atomic E-state index is 5.51. The van der Waals surface area contributed by atoms with E-state index in [2.05, 4.69) is 39.3 Å². The first kappa shape index (κ1) is 11.8. The number of hydrogen-bond acceptors (Lipinski definition) is 3. The molecular formula is C14H16N4O. The van der Waals surface area contributed by atoms with Crippen molar-refractivity contribution in [3.05, 3.63) is 42.4 Å². The first-order chi connectivity index (χ1) is 9.26. The molecule has 0 spiro atoms. The Morgan fingerprint density at radius 2 is 2.16 bits per heavy atom. The number of fused-ring (bicyclic) bond motifs is 1. The standard InChI is InChI=1S/C14H16N4O/c1-3-19-13-4-5-14-11(8-13)6-7-18(14)10-12-9-17(2)16-15-12/h4-9H,3,10H2,1-2H3. The molecule has 0 N–H and O–H groups in total. The van der Waals surface area contributed by atoms with Crippen LogP contribution in [0.1, 0.15) is 12.6 Å². The van der Waals surface area contributed by atoms with Crippen molar-refractivity contribution in [2.45, 2.75) is 13.5 Å². The summed E-state index contributed by atoms with van der Waals surface area (Å²) in [6.45, 7) is 3.40. The van der Waals surface area contributed by atoms with Gasteiger partial charge in [-0.1, -0.05) is 5.21 Å². The van der Waals surface area contributed by atoms with Gasteiger partial charge < -0.3 is 9.30 Å². The fourth-order valence-electron chi connectivity index (χ4n) is 2.21. The minimum atomic E-state index is 0.686. The van der Waals surface area contributed by atoms with Crippen molar-refractivity contribution >= 4 is 10.9 Å². The van der Waals surface area contributed by atoms with Crippen molar-refractivity contribution in [2.75, 3.05) is 6.61 Å². The van der Waals surface area contributed by atoms with Gasteiger partial charge in [0.05, 0.1) is 13.2 Å². The van der Waals surface area contributed by atoms with Crippen LogP contribution in [-0.4, -0.2) is 26.2 Å². The lowest BCUT2D eigenvalue weighted by Gasteiger charge is -2.05. The van der Waals surface area contributed by atoms with Crippen LogP contribution in [0.5, 0.6) is 5.75 Å². The SMILES string of the molecule is CCOc1ccc2c(ccn2Cc2cn(C)nn2)c1. The van der Waals surface area contributed by atoms with Gasteiger partial charge in [-0.2, -0.15) is 0 Å². The number of aryl methyl sites for hydroxylation is 1. The average molecular weight is 256 g/mol. The molecule has 0 aliphatic carbocycles. The monoisotopic (exact) mass is 256 g/mol. The van der Waals surface area contributed by atoms with E-state index in [1.54, 1.807) is 4.68 Å². The van der Waals surface area contributed by atoms with Gasteiger partial charge >= 0.3 is 0 Å². The number of nitrogens with zero attached hydrogens (tertiary/aromatic N) is 4. The molecule has 98 valence electrons. The molecule has 1 aromatic carbocycles. The zero-order valence-electron chi connectivity index (χ0n) is 11.1. The maximum Gasteiger partial charge on any atom is 0.120 e. The Labute approximate surface area is 111 Å². The fourth-order valence-corrected chi connectivity index (χ4v) is 2.21. The number of rotatable bonds is 4. The topological polar surface area (TPSA) is 44.9 Å². The van der Waals surface area contributed by atoms with E-state index in [0.717, 1.165) is 18.0 Å². The molecule has 3 rings (SSSR count). The van der Waals surface area contributed by atoms with Gasteiger partial charge in [-0.3, -0.25) is 4.68 Å². The van der Waals surface area contributed by atoms with Gasteiger partial charge in [0.2, 0.25) is 0 Å². The molecule has 0 atom stereocenters. The zero-order chi connectivity index (χ0) is 13.2. The highest BCUT2D eigenvalue weighted by Gasteiger charge is 2.05. The number of ether oxygens (including phenoxy) is 1. The van der Waals surface area contributed by atoms with Crippen LogP contribution in [-0.2, 0) is 13.6 Å². The largest absolute Gasteiger partial charge is 0.494 e. The summed E-state index contributed by atoms with van der Waals surface area (Å²) in [6.07, 6.45) is 4.00. The molecule has 0 aliphatic heterocycles. The predicted octanol–water partition coefficient (Wildman–Crippen LogP) is 2.22. The molecule has 0 saturated heterocycles. The van der Waals surface area contributed by atoms with Crippen molar-refractivity contribution < 1.29 is 4.74 Å². The zero-order valence-corrected chi connectivity index (χ0v) is 11.1. The molecule has 0 fully saturated rings. The second kappa shape index (κ2) is 4.76. The van der Waals surface area contributed by atoms with E-state index < -0.39 is 0 Å². The summed E-state index contributed by atoms with van der Waals surface area (Å²) in [5, 5.41) is 9.24. The number of benzene rings is 1. The van der Waals surface area contributed by atoms with Gasteiger partial charge in [0.15, 0.2) is 0 Å². The van der Waals surface area contributed by atoms with E-state index in [1.807, 2.05) is 26.2 Å². The second-order valence-corrected chi connectivity index (χ2v) is 4.48. The Morgan fingerprint density at radius 1 is 1.26 bits per heavy atom. The lowest BCUT2D eigenvalue weighted by atomic mass is 10.2. The lowest BCUT2D eigenvalue weighted by Crippen LogP contribution is -1.98. The Morgan fingerprint density at radius 3 is 2.89 bits per heavy atom. The van der Waals surface area contributed by atoms with Crippen LogP contribution in [0.25, 0.3) is 10.9 Å². The van der Waals surface area contributed by atoms with Gasteiger partial charge in [-0.15, -0.1) is 5.10 Å². The van der Waals surface area contributed by atoms with Gasteiger partial charge in [0, 0.05) is 30.3 Å². The van der Waals surface area contributed by atoms with Crippen molar-refractivity contribution in [1.29, 1.82) is 0 Å². The summed E-state index contributed by atoms with van der Waals surface area (Å²) in [4.78, 5) is 0. The minimum Gasteiger partial charge on any atom is -0.494 e. The molecule has 3 aromatic rings. The van der Waals surface area contributed by atoms with Crippen LogP contribution >= 0.6 is 0 Å². The summed E-state index contributed by atoms with van der Waals surface area (Å²) < 4.78 is 9.39. The molecule has 0 unspecified atom stereocenters. The second-order valence-electron chi connectivity index (χ2n) is 4.48. The molecule has 2 heterocycles. The van der Waals surface area contributed by atoms with E-state index in [4.69, 9.17) is 4.74 Å². The van der Waals surface area contributed by atoms with Crippen molar-refractivity contribution in [2.24, 2.45) is 7.05 Å². The Hall–Kier alpha value is -2.30. The van der Waals surface area contributed by atoms with Crippen LogP contribution in [0.3, 0.4) is 0 Å². The van der Waals surface area contributed by atoms with E-state index in [9.17, 15) is 0 Å². The first-order valence-corrected chi connectivity index (χ1v) is 6.33. The van der Waals surface area contributed by atoms with Crippen molar-refractivity contribution in [1.82, 2.24) is 19.6 Å². The van der Waals surface area contributed by atoms with Crippen LogP contribution in [0.4, 0.5) is 0 Å². The molecule has 0 radical (unpaired) electrons. The Balaban J connectivity index is 1.92. The maximum atomic E-state index is 5.51. The lowest BCUT2D eigenvalue weighted by molar-refractivity contribution is 0.340. The highest BCUT2D eigenvalue weighted by molar-refractivity contribution is 5.81. The Bertz CT molecular complexity index is 698. The predicted molar refractivity (Wildman–Crippen MR) is 73.2 cm³/mol. The van der Waals surface area contributed by atoms with Gasteiger partial charge in [0.25, 0.3) is 0 Å². The van der Waals surface area contributed by atoms with E-state index in [-0.39, 0.29) is 0 Å². The molecule has 19 heavy (non-hydrogen) atoms. The third kappa shape index (κ3) is 2.31. The van der Waals surface area contributed by atoms with Crippen LogP contribution in [0, 0.1) is 0 Å². The molecule has 0 saturated carbocycles. The van der Waals surface area contributed by atoms with E-state index in [1.165, 1.54) is 10.9 Å². The summed E-state index contributed by atoms with van der Waals surface area (Å²) >= 11 is 0. The average Bonchev–Trinajstić information content (AvgIpc) is 2.97. The minimum absolute atomic E-state index is 0.686. The molecule has 5 nitrogen and oxygen atoms in total. The third-order valence-corrected chi connectivity index (χ3v) is 3.04. The normalized spacial score (nSPS) is 11.1. The quantitative estimate of drug-likeness (QED) is 0.719. The summed E-state index contributed by atoms with van der Waals surface area (Å²) in [7, 11) is 1.87.